The van der Waals surface area contributed by atoms with Gasteiger partial charge in [0.05, 0.1) is 11.1 Å². The molecule has 1 saturated heterocycles. The minimum atomic E-state index is -0.749. The van der Waals surface area contributed by atoms with Gasteiger partial charge in [-0.15, -0.1) is 0 Å². The average molecular weight is 329 g/mol. The van der Waals surface area contributed by atoms with Crippen molar-refractivity contribution in [2.45, 2.75) is 19.9 Å². The van der Waals surface area contributed by atoms with E-state index in [1.165, 1.54) is 0 Å². The molecule has 0 aliphatic carbocycles. The van der Waals surface area contributed by atoms with Crippen molar-refractivity contribution in [2.75, 3.05) is 33.2 Å². The lowest BCUT2D eigenvalue weighted by Crippen LogP contribution is -2.57. The van der Waals surface area contributed by atoms with Gasteiger partial charge in [0.25, 0.3) is 11.8 Å². The Morgan fingerprint density at radius 2 is 1.46 bits per heavy atom. The third-order valence-electron chi connectivity index (χ3n) is 4.80. The molecule has 128 valence electrons. The van der Waals surface area contributed by atoms with Crippen molar-refractivity contribution in [3.63, 3.8) is 0 Å². The van der Waals surface area contributed by atoms with Gasteiger partial charge < -0.3 is 9.80 Å². The first kappa shape index (κ1) is 16.6. The number of hydrogen-bond donors (Lipinski definition) is 0. The number of hydrogen-bond acceptors (Lipinski definition) is 4. The maximum Gasteiger partial charge on any atom is 0.262 e. The van der Waals surface area contributed by atoms with Crippen molar-refractivity contribution >= 4 is 17.7 Å². The van der Waals surface area contributed by atoms with Crippen molar-refractivity contribution in [3.8, 4) is 0 Å². The molecule has 0 N–H and O–H groups in total. The lowest BCUT2D eigenvalue weighted by atomic mass is 10.0. The van der Waals surface area contributed by atoms with Crippen LogP contribution < -0.4 is 0 Å². The largest absolute Gasteiger partial charge is 0.338 e. The molecule has 1 fully saturated rings. The molecule has 0 bridgehead atoms. The first-order valence-electron chi connectivity index (χ1n) is 8.36. The number of benzene rings is 1. The maximum absolute atomic E-state index is 13.0. The van der Waals surface area contributed by atoms with E-state index >= 15 is 0 Å². The summed E-state index contributed by atoms with van der Waals surface area (Å²) in [5.41, 5.74) is 0.777. The fraction of sp³-hybridized carbons (Fsp3) is 0.500. The Morgan fingerprint density at radius 1 is 0.958 bits per heavy atom. The van der Waals surface area contributed by atoms with Gasteiger partial charge >= 0.3 is 0 Å². The van der Waals surface area contributed by atoms with Crippen LogP contribution in [0.1, 0.15) is 34.6 Å². The van der Waals surface area contributed by atoms with Crippen LogP contribution in [-0.2, 0) is 4.79 Å². The normalized spacial score (nSPS) is 19.8. The third kappa shape index (κ3) is 2.71. The van der Waals surface area contributed by atoms with E-state index in [1.54, 1.807) is 29.2 Å². The zero-order valence-electron chi connectivity index (χ0n) is 14.4. The van der Waals surface area contributed by atoms with Gasteiger partial charge in [0.15, 0.2) is 0 Å². The molecule has 2 aliphatic rings. The Balaban J connectivity index is 1.88. The number of likely N-dealkylation sites (N-methyl/N-ethyl adjacent to an activating group) is 1. The van der Waals surface area contributed by atoms with E-state index in [0.29, 0.717) is 24.2 Å². The molecule has 2 aliphatic heterocycles. The van der Waals surface area contributed by atoms with Gasteiger partial charge in [0, 0.05) is 26.2 Å². The van der Waals surface area contributed by atoms with Crippen molar-refractivity contribution in [2.24, 2.45) is 5.92 Å². The minimum absolute atomic E-state index is 0.132. The first-order valence-corrected chi connectivity index (χ1v) is 8.36. The molecule has 3 amide bonds. The van der Waals surface area contributed by atoms with Crippen molar-refractivity contribution < 1.29 is 14.4 Å². The van der Waals surface area contributed by atoms with Gasteiger partial charge in [0.2, 0.25) is 5.91 Å². The first-order chi connectivity index (χ1) is 11.4. The molecule has 1 atom stereocenters. The van der Waals surface area contributed by atoms with E-state index in [9.17, 15) is 14.4 Å². The summed E-state index contributed by atoms with van der Waals surface area (Å²) in [6.45, 7) is 6.62. The molecule has 0 saturated carbocycles. The monoisotopic (exact) mass is 329 g/mol. The SMILES string of the molecule is CC(C)C(C(=O)N1CCN(C)CC1)N1C(=O)c2ccccc2C1=O. The summed E-state index contributed by atoms with van der Waals surface area (Å²) in [7, 11) is 2.02. The van der Waals surface area contributed by atoms with Crippen LogP contribution in [0.2, 0.25) is 0 Å². The van der Waals surface area contributed by atoms with E-state index in [2.05, 4.69) is 4.90 Å². The minimum Gasteiger partial charge on any atom is -0.338 e. The van der Waals surface area contributed by atoms with Gasteiger partial charge in [0.1, 0.15) is 6.04 Å². The fourth-order valence-electron chi connectivity index (χ4n) is 3.37. The summed E-state index contributed by atoms with van der Waals surface area (Å²) in [6.07, 6.45) is 0. The van der Waals surface area contributed by atoms with Crippen molar-refractivity contribution in [3.05, 3.63) is 35.4 Å². The molecule has 0 radical (unpaired) electrons. The molecule has 3 rings (SSSR count). The number of imide groups is 1. The number of carbonyl (C=O) groups excluding carboxylic acids is 3. The Bertz CT molecular complexity index is 643. The summed E-state index contributed by atoms with van der Waals surface area (Å²) in [4.78, 5) is 43.6. The van der Waals surface area contributed by atoms with Crippen molar-refractivity contribution in [1.29, 1.82) is 0 Å². The van der Waals surface area contributed by atoms with Crippen LogP contribution >= 0.6 is 0 Å². The van der Waals surface area contributed by atoms with Crippen LogP contribution in [0.5, 0.6) is 0 Å². The number of carbonyl (C=O) groups is 3. The van der Waals surface area contributed by atoms with Gasteiger partial charge in [-0.25, -0.2) is 0 Å². The maximum atomic E-state index is 13.0. The molecule has 1 aromatic rings. The van der Waals surface area contributed by atoms with Crippen LogP contribution in [0.15, 0.2) is 24.3 Å². The summed E-state index contributed by atoms with van der Waals surface area (Å²) in [5, 5.41) is 0. The zero-order valence-corrected chi connectivity index (χ0v) is 14.4. The Morgan fingerprint density at radius 3 is 1.92 bits per heavy atom. The molecule has 6 nitrogen and oxygen atoms in total. The Kier molecular flexibility index (Phi) is 4.41. The second-order valence-corrected chi connectivity index (χ2v) is 6.84. The molecular formula is C18H23N3O3. The highest BCUT2D eigenvalue weighted by Crippen LogP contribution is 2.28. The number of piperazine rings is 1. The molecule has 24 heavy (non-hydrogen) atoms. The van der Waals surface area contributed by atoms with E-state index in [-0.39, 0.29) is 23.6 Å². The molecule has 2 heterocycles. The fourth-order valence-corrected chi connectivity index (χ4v) is 3.37. The van der Waals surface area contributed by atoms with E-state index < -0.39 is 6.04 Å². The molecule has 1 unspecified atom stereocenters. The number of fused-ring (bicyclic) bond motifs is 1. The second kappa shape index (κ2) is 6.36. The van der Waals surface area contributed by atoms with Gasteiger partial charge in [-0.2, -0.15) is 0 Å². The summed E-state index contributed by atoms with van der Waals surface area (Å²) < 4.78 is 0. The summed E-state index contributed by atoms with van der Waals surface area (Å²) in [5.74, 6) is -1.000. The van der Waals surface area contributed by atoms with Crippen LogP contribution in [0, 0.1) is 5.92 Å². The quantitative estimate of drug-likeness (QED) is 0.779. The third-order valence-corrected chi connectivity index (χ3v) is 4.80. The molecule has 1 aromatic carbocycles. The van der Waals surface area contributed by atoms with Crippen LogP contribution in [0.4, 0.5) is 0 Å². The number of amides is 3. The summed E-state index contributed by atoms with van der Waals surface area (Å²) >= 11 is 0. The standard InChI is InChI=1S/C18H23N3O3/c1-12(2)15(18(24)20-10-8-19(3)9-11-20)21-16(22)13-6-4-5-7-14(13)17(21)23/h4-7,12,15H,8-11H2,1-3H3. The molecule has 0 aromatic heterocycles. The Hall–Kier alpha value is -2.21. The number of nitrogens with zero attached hydrogens (tertiary/aromatic N) is 3. The topological polar surface area (TPSA) is 60.9 Å². The lowest BCUT2D eigenvalue weighted by Gasteiger charge is -2.37. The lowest BCUT2D eigenvalue weighted by molar-refractivity contribution is -0.138. The Labute approximate surface area is 142 Å². The highest BCUT2D eigenvalue weighted by molar-refractivity contribution is 6.22. The highest BCUT2D eigenvalue weighted by atomic mass is 16.2. The predicted molar refractivity (Wildman–Crippen MR) is 89.6 cm³/mol. The van der Waals surface area contributed by atoms with E-state index in [0.717, 1.165) is 18.0 Å². The van der Waals surface area contributed by atoms with E-state index in [1.807, 2.05) is 20.9 Å². The second-order valence-electron chi connectivity index (χ2n) is 6.84. The predicted octanol–water partition coefficient (Wildman–Crippen LogP) is 1.08. The van der Waals surface area contributed by atoms with Gasteiger partial charge in [-0.05, 0) is 25.1 Å². The van der Waals surface area contributed by atoms with Gasteiger partial charge in [-0.1, -0.05) is 26.0 Å². The van der Waals surface area contributed by atoms with Crippen LogP contribution in [-0.4, -0.2) is 71.7 Å². The highest BCUT2D eigenvalue weighted by Gasteiger charge is 2.45. The molecular weight excluding hydrogens is 306 g/mol. The smallest absolute Gasteiger partial charge is 0.262 e. The van der Waals surface area contributed by atoms with Crippen LogP contribution in [0.3, 0.4) is 0 Å². The van der Waals surface area contributed by atoms with Crippen LogP contribution in [0.25, 0.3) is 0 Å². The molecule has 0 spiro atoms. The zero-order chi connectivity index (χ0) is 17.4. The molecule has 6 heteroatoms. The van der Waals surface area contributed by atoms with Gasteiger partial charge in [-0.3, -0.25) is 19.3 Å². The van der Waals surface area contributed by atoms with E-state index in [4.69, 9.17) is 0 Å². The summed E-state index contributed by atoms with van der Waals surface area (Å²) in [6, 6.07) is 6.02. The average Bonchev–Trinajstić information content (AvgIpc) is 2.81. The number of rotatable bonds is 3. The van der Waals surface area contributed by atoms with Crippen molar-refractivity contribution in [1.82, 2.24) is 14.7 Å².